The maximum absolute atomic E-state index is 6.14. The first-order valence-electron chi connectivity index (χ1n) is 6.03. The van der Waals surface area contributed by atoms with Gasteiger partial charge in [0.15, 0.2) is 6.29 Å². The molecule has 3 rings (SSSR count). The lowest BCUT2D eigenvalue weighted by Crippen LogP contribution is -2.43. The fourth-order valence-corrected chi connectivity index (χ4v) is 2.72. The van der Waals surface area contributed by atoms with E-state index in [1.807, 2.05) is 12.1 Å². The molecule has 1 spiro atoms. The normalized spacial score (nSPS) is 27.5. The van der Waals surface area contributed by atoms with E-state index in [1.165, 1.54) is 0 Å². The molecule has 1 aromatic carbocycles. The van der Waals surface area contributed by atoms with Gasteiger partial charge in [-0.3, -0.25) is 0 Å². The lowest BCUT2D eigenvalue weighted by Gasteiger charge is -2.31. The van der Waals surface area contributed by atoms with Crippen LogP contribution < -0.4 is 5.32 Å². The fourth-order valence-electron chi connectivity index (χ4n) is 2.45. The number of rotatable bonds is 1. The topological polar surface area (TPSA) is 30.5 Å². The van der Waals surface area contributed by atoms with Crippen LogP contribution in [0.2, 0.25) is 0 Å². The summed E-state index contributed by atoms with van der Waals surface area (Å²) in [5.74, 6) is 0. The number of nitrogens with one attached hydrogen (secondary N) is 1. The van der Waals surface area contributed by atoms with E-state index in [2.05, 4.69) is 33.4 Å². The Kier molecular flexibility index (Phi) is 3.21. The van der Waals surface area contributed by atoms with Crippen molar-refractivity contribution < 1.29 is 9.47 Å². The molecule has 0 bridgehead atoms. The highest BCUT2D eigenvalue weighted by Crippen LogP contribution is 2.38. The molecular weight excluding hydrogens is 282 g/mol. The molecule has 2 fully saturated rings. The summed E-state index contributed by atoms with van der Waals surface area (Å²) in [6.07, 6.45) is 1.89. The van der Waals surface area contributed by atoms with Crippen molar-refractivity contribution in [1.82, 2.24) is 5.32 Å². The first-order valence-corrected chi connectivity index (χ1v) is 6.82. The highest BCUT2D eigenvalue weighted by molar-refractivity contribution is 9.10. The molecule has 4 heteroatoms. The van der Waals surface area contributed by atoms with Crippen LogP contribution in [-0.4, -0.2) is 25.3 Å². The number of hydrogen-bond acceptors (Lipinski definition) is 3. The predicted octanol–water partition coefficient (Wildman–Crippen LogP) is 2.62. The average molecular weight is 298 g/mol. The highest BCUT2D eigenvalue weighted by atomic mass is 79.9. The standard InChI is InChI=1S/C13H16BrNO2/c14-11-3-1-10(2-4-11)12-16-9-13(17-12)5-7-15-8-6-13/h1-4,12,15H,5-9H2. The van der Waals surface area contributed by atoms with Crippen LogP contribution in [0.1, 0.15) is 24.7 Å². The molecule has 0 aromatic heterocycles. The van der Waals surface area contributed by atoms with Crippen molar-refractivity contribution in [3.05, 3.63) is 34.3 Å². The van der Waals surface area contributed by atoms with Gasteiger partial charge in [-0.2, -0.15) is 0 Å². The van der Waals surface area contributed by atoms with E-state index in [-0.39, 0.29) is 11.9 Å². The Bertz CT molecular complexity index is 387. The number of halogens is 1. The minimum absolute atomic E-state index is 0.0526. The largest absolute Gasteiger partial charge is 0.345 e. The highest BCUT2D eigenvalue weighted by Gasteiger charge is 2.42. The molecule has 0 amide bonds. The molecule has 1 atom stereocenters. The number of hydrogen-bond donors (Lipinski definition) is 1. The van der Waals surface area contributed by atoms with Crippen LogP contribution in [0, 0.1) is 0 Å². The maximum Gasteiger partial charge on any atom is 0.184 e. The number of piperidine rings is 1. The summed E-state index contributed by atoms with van der Waals surface area (Å²) >= 11 is 3.43. The number of benzene rings is 1. The third-order valence-electron chi connectivity index (χ3n) is 3.51. The van der Waals surface area contributed by atoms with Gasteiger partial charge >= 0.3 is 0 Å². The van der Waals surface area contributed by atoms with Gasteiger partial charge in [0.25, 0.3) is 0 Å². The van der Waals surface area contributed by atoms with Gasteiger partial charge in [0.2, 0.25) is 0 Å². The monoisotopic (exact) mass is 297 g/mol. The Labute approximate surface area is 110 Å². The molecule has 2 aliphatic heterocycles. The summed E-state index contributed by atoms with van der Waals surface area (Å²) in [5.41, 5.74) is 1.05. The molecule has 2 aliphatic rings. The molecule has 0 saturated carbocycles. The second kappa shape index (κ2) is 4.69. The second-order valence-corrected chi connectivity index (χ2v) is 5.66. The van der Waals surface area contributed by atoms with Gasteiger partial charge in [0.05, 0.1) is 12.2 Å². The van der Waals surface area contributed by atoms with Crippen LogP contribution >= 0.6 is 15.9 Å². The molecule has 2 heterocycles. The molecule has 1 N–H and O–H groups in total. The summed E-state index contributed by atoms with van der Waals surface area (Å²) in [7, 11) is 0. The quantitative estimate of drug-likeness (QED) is 0.864. The fraction of sp³-hybridized carbons (Fsp3) is 0.538. The van der Waals surface area contributed by atoms with Gasteiger partial charge < -0.3 is 14.8 Å². The zero-order valence-corrected chi connectivity index (χ0v) is 11.2. The van der Waals surface area contributed by atoms with Crippen LogP contribution in [0.25, 0.3) is 0 Å². The lowest BCUT2D eigenvalue weighted by atomic mass is 9.94. The SMILES string of the molecule is Brc1ccc(C2OCC3(CCNCC3)O2)cc1. The van der Waals surface area contributed by atoms with Crippen molar-refractivity contribution in [3.8, 4) is 0 Å². The molecule has 2 saturated heterocycles. The average Bonchev–Trinajstić information content (AvgIpc) is 2.75. The van der Waals surface area contributed by atoms with Gasteiger partial charge in [-0.15, -0.1) is 0 Å². The minimum Gasteiger partial charge on any atom is -0.345 e. The zero-order chi connectivity index (χ0) is 11.7. The molecular formula is C13H16BrNO2. The summed E-state index contributed by atoms with van der Waals surface area (Å²) in [4.78, 5) is 0. The Morgan fingerprint density at radius 3 is 2.59 bits per heavy atom. The zero-order valence-electron chi connectivity index (χ0n) is 9.62. The predicted molar refractivity (Wildman–Crippen MR) is 68.8 cm³/mol. The van der Waals surface area contributed by atoms with E-state index < -0.39 is 0 Å². The minimum atomic E-state index is -0.193. The first-order chi connectivity index (χ1) is 8.27. The van der Waals surface area contributed by atoms with Gasteiger partial charge in [0, 0.05) is 10.0 Å². The molecule has 1 aromatic rings. The smallest absolute Gasteiger partial charge is 0.184 e. The Balaban J connectivity index is 1.72. The summed E-state index contributed by atoms with van der Waals surface area (Å²) < 4.78 is 13.0. The van der Waals surface area contributed by atoms with Crippen LogP contribution in [0.3, 0.4) is 0 Å². The maximum atomic E-state index is 6.14. The van der Waals surface area contributed by atoms with Crippen LogP contribution in [0.5, 0.6) is 0 Å². The molecule has 0 radical (unpaired) electrons. The van der Waals surface area contributed by atoms with Crippen LogP contribution in [0.15, 0.2) is 28.7 Å². The van der Waals surface area contributed by atoms with E-state index in [0.29, 0.717) is 0 Å². The molecule has 3 nitrogen and oxygen atoms in total. The van der Waals surface area contributed by atoms with E-state index in [0.717, 1.165) is 42.6 Å². The Morgan fingerprint density at radius 2 is 1.88 bits per heavy atom. The Morgan fingerprint density at radius 1 is 1.18 bits per heavy atom. The van der Waals surface area contributed by atoms with Crippen molar-refractivity contribution >= 4 is 15.9 Å². The molecule has 0 aliphatic carbocycles. The molecule has 92 valence electrons. The Hall–Kier alpha value is -0.420. The van der Waals surface area contributed by atoms with Gasteiger partial charge in [-0.25, -0.2) is 0 Å². The van der Waals surface area contributed by atoms with Crippen LogP contribution in [0.4, 0.5) is 0 Å². The summed E-state index contributed by atoms with van der Waals surface area (Å²) in [6, 6.07) is 8.15. The van der Waals surface area contributed by atoms with Gasteiger partial charge in [0.1, 0.15) is 0 Å². The van der Waals surface area contributed by atoms with Gasteiger partial charge in [-0.05, 0) is 38.1 Å². The van der Waals surface area contributed by atoms with Crippen molar-refractivity contribution in [1.29, 1.82) is 0 Å². The third-order valence-corrected chi connectivity index (χ3v) is 4.04. The lowest BCUT2D eigenvalue weighted by molar-refractivity contribution is -0.101. The second-order valence-electron chi connectivity index (χ2n) is 4.75. The van der Waals surface area contributed by atoms with E-state index >= 15 is 0 Å². The summed E-state index contributed by atoms with van der Waals surface area (Å²) in [5, 5.41) is 3.36. The van der Waals surface area contributed by atoms with E-state index in [4.69, 9.17) is 9.47 Å². The van der Waals surface area contributed by atoms with Gasteiger partial charge in [-0.1, -0.05) is 28.1 Å². The third kappa shape index (κ3) is 2.40. The summed E-state index contributed by atoms with van der Waals surface area (Å²) in [6.45, 7) is 2.77. The van der Waals surface area contributed by atoms with E-state index in [9.17, 15) is 0 Å². The molecule has 1 unspecified atom stereocenters. The van der Waals surface area contributed by atoms with E-state index in [1.54, 1.807) is 0 Å². The first kappa shape index (κ1) is 11.7. The van der Waals surface area contributed by atoms with Crippen molar-refractivity contribution in [3.63, 3.8) is 0 Å². The number of ether oxygens (including phenoxy) is 2. The molecule has 17 heavy (non-hydrogen) atoms. The van der Waals surface area contributed by atoms with Crippen molar-refractivity contribution in [2.75, 3.05) is 19.7 Å². The van der Waals surface area contributed by atoms with Crippen molar-refractivity contribution in [2.45, 2.75) is 24.7 Å². The van der Waals surface area contributed by atoms with Crippen LogP contribution in [-0.2, 0) is 9.47 Å². The van der Waals surface area contributed by atoms with Crippen molar-refractivity contribution in [2.24, 2.45) is 0 Å².